The van der Waals surface area contributed by atoms with Crippen LogP contribution < -0.4 is 22.1 Å². The highest BCUT2D eigenvalue weighted by Crippen LogP contribution is 2.01. The first-order chi connectivity index (χ1) is 10.6. The number of aliphatic carboxylic acids is 1. The van der Waals surface area contributed by atoms with Gasteiger partial charge in [0, 0.05) is 12.2 Å². The first kappa shape index (κ1) is 21.1. The molecule has 0 aromatic heterocycles. The lowest BCUT2D eigenvalue weighted by atomic mass is 10.1. The molecule has 132 valence electrons. The Hall–Kier alpha value is -1.85. The SMILES string of the molecule is CC(O)C(N)C(=O)NC(CCC(N)=O)C(=O)NC(CS)C(=O)O. The molecule has 0 aliphatic heterocycles. The van der Waals surface area contributed by atoms with Crippen molar-refractivity contribution in [2.24, 2.45) is 11.5 Å². The number of aliphatic hydroxyl groups is 1. The summed E-state index contributed by atoms with van der Waals surface area (Å²) in [4.78, 5) is 45.6. The molecule has 0 saturated heterocycles. The molecular formula is C12H22N4O6S. The number of aliphatic hydroxyl groups excluding tert-OH is 1. The van der Waals surface area contributed by atoms with Crippen molar-refractivity contribution >= 4 is 36.3 Å². The van der Waals surface area contributed by atoms with Crippen LogP contribution in [0.5, 0.6) is 0 Å². The van der Waals surface area contributed by atoms with Crippen LogP contribution in [0.15, 0.2) is 0 Å². The van der Waals surface area contributed by atoms with Crippen LogP contribution in [0.25, 0.3) is 0 Å². The lowest BCUT2D eigenvalue weighted by Crippen LogP contribution is -2.56. The third-order valence-corrected chi connectivity index (χ3v) is 3.30. The van der Waals surface area contributed by atoms with Crippen molar-refractivity contribution in [3.05, 3.63) is 0 Å². The summed E-state index contributed by atoms with van der Waals surface area (Å²) in [6.45, 7) is 1.30. The van der Waals surface area contributed by atoms with E-state index in [4.69, 9.17) is 16.6 Å². The lowest BCUT2D eigenvalue weighted by molar-refractivity contribution is -0.141. The largest absolute Gasteiger partial charge is 0.480 e. The fourth-order valence-electron chi connectivity index (χ4n) is 1.50. The minimum absolute atomic E-state index is 0.141. The number of rotatable bonds is 10. The number of carboxylic acid groups (broad SMARTS) is 1. The molecule has 3 amide bonds. The first-order valence-corrected chi connectivity index (χ1v) is 7.39. The molecule has 0 rings (SSSR count). The molecular weight excluding hydrogens is 328 g/mol. The predicted molar refractivity (Wildman–Crippen MR) is 83.4 cm³/mol. The average Bonchev–Trinajstić information content (AvgIpc) is 2.46. The van der Waals surface area contributed by atoms with E-state index in [2.05, 4.69) is 23.3 Å². The number of hydrogen-bond acceptors (Lipinski definition) is 7. The molecule has 0 spiro atoms. The van der Waals surface area contributed by atoms with Gasteiger partial charge in [0.15, 0.2) is 0 Å². The van der Waals surface area contributed by atoms with Crippen LogP contribution in [0.1, 0.15) is 19.8 Å². The maximum Gasteiger partial charge on any atom is 0.327 e. The van der Waals surface area contributed by atoms with E-state index in [0.29, 0.717) is 0 Å². The second kappa shape index (κ2) is 10.0. The van der Waals surface area contributed by atoms with Gasteiger partial charge < -0.3 is 32.3 Å². The molecule has 0 bridgehead atoms. The second-order valence-corrected chi connectivity index (χ2v) is 5.28. The van der Waals surface area contributed by atoms with Crippen molar-refractivity contribution in [1.29, 1.82) is 0 Å². The summed E-state index contributed by atoms with van der Waals surface area (Å²) in [6, 6.07) is -3.76. The Morgan fingerprint density at radius 1 is 1.13 bits per heavy atom. The number of carbonyl (C=O) groups excluding carboxylic acids is 3. The fourth-order valence-corrected chi connectivity index (χ4v) is 1.75. The Labute approximate surface area is 138 Å². The highest BCUT2D eigenvalue weighted by Gasteiger charge is 2.28. The summed E-state index contributed by atoms with van der Waals surface area (Å²) < 4.78 is 0. The Morgan fingerprint density at radius 2 is 1.65 bits per heavy atom. The van der Waals surface area contributed by atoms with Crippen molar-refractivity contribution in [2.45, 2.75) is 44.0 Å². The normalized spacial score (nSPS) is 15.8. The first-order valence-electron chi connectivity index (χ1n) is 6.76. The van der Waals surface area contributed by atoms with E-state index in [1.807, 2.05) is 0 Å². The van der Waals surface area contributed by atoms with Crippen LogP contribution in [-0.4, -0.2) is 63.9 Å². The number of nitrogens with one attached hydrogen (secondary N) is 2. The number of thiol groups is 1. The van der Waals surface area contributed by atoms with Crippen molar-refractivity contribution < 1.29 is 29.4 Å². The van der Waals surface area contributed by atoms with Gasteiger partial charge in [-0.15, -0.1) is 0 Å². The maximum absolute atomic E-state index is 12.1. The predicted octanol–water partition coefficient (Wildman–Crippen LogP) is -3.06. The van der Waals surface area contributed by atoms with E-state index in [-0.39, 0.29) is 18.6 Å². The van der Waals surface area contributed by atoms with E-state index in [1.165, 1.54) is 6.92 Å². The molecule has 10 nitrogen and oxygen atoms in total. The van der Waals surface area contributed by atoms with Crippen LogP contribution in [0.4, 0.5) is 0 Å². The Bertz CT molecular complexity index is 459. The number of primary amides is 1. The highest BCUT2D eigenvalue weighted by molar-refractivity contribution is 7.80. The average molecular weight is 350 g/mol. The summed E-state index contributed by atoms with van der Waals surface area (Å²) in [5, 5.41) is 22.6. The van der Waals surface area contributed by atoms with Gasteiger partial charge in [-0.25, -0.2) is 4.79 Å². The third-order valence-electron chi connectivity index (χ3n) is 2.93. The topological polar surface area (TPSA) is 185 Å². The van der Waals surface area contributed by atoms with Crippen LogP contribution in [0, 0.1) is 0 Å². The van der Waals surface area contributed by atoms with E-state index in [1.54, 1.807) is 0 Å². The van der Waals surface area contributed by atoms with Gasteiger partial charge in [0.1, 0.15) is 18.1 Å². The fraction of sp³-hybridized carbons (Fsp3) is 0.667. The van der Waals surface area contributed by atoms with E-state index in [0.717, 1.165) is 0 Å². The molecule has 0 fully saturated rings. The van der Waals surface area contributed by atoms with E-state index < -0.39 is 47.9 Å². The molecule has 4 unspecified atom stereocenters. The van der Waals surface area contributed by atoms with Gasteiger partial charge in [-0.3, -0.25) is 14.4 Å². The van der Waals surface area contributed by atoms with Gasteiger partial charge in [0.05, 0.1) is 6.10 Å². The molecule has 23 heavy (non-hydrogen) atoms. The van der Waals surface area contributed by atoms with E-state index >= 15 is 0 Å². The Morgan fingerprint density at radius 3 is 2.04 bits per heavy atom. The minimum atomic E-state index is -1.30. The molecule has 0 heterocycles. The summed E-state index contributed by atoms with van der Waals surface area (Å²) in [5.41, 5.74) is 10.4. The maximum atomic E-state index is 12.1. The molecule has 0 aliphatic rings. The lowest BCUT2D eigenvalue weighted by Gasteiger charge is -2.22. The molecule has 0 aromatic rings. The molecule has 0 saturated carbocycles. The summed E-state index contributed by atoms with van der Waals surface area (Å²) >= 11 is 3.80. The highest BCUT2D eigenvalue weighted by atomic mass is 32.1. The van der Waals surface area contributed by atoms with Crippen molar-refractivity contribution in [3.8, 4) is 0 Å². The summed E-state index contributed by atoms with van der Waals surface area (Å²) in [7, 11) is 0. The van der Waals surface area contributed by atoms with E-state index in [9.17, 15) is 24.3 Å². The number of carbonyl (C=O) groups is 4. The minimum Gasteiger partial charge on any atom is -0.480 e. The van der Waals surface area contributed by atoms with Gasteiger partial charge >= 0.3 is 5.97 Å². The Kier molecular flexibility index (Phi) is 9.22. The van der Waals surface area contributed by atoms with Crippen LogP contribution in [0.3, 0.4) is 0 Å². The Balaban J connectivity index is 4.98. The smallest absolute Gasteiger partial charge is 0.327 e. The number of amides is 3. The van der Waals surface area contributed by atoms with Gasteiger partial charge in [0.25, 0.3) is 0 Å². The monoisotopic (exact) mass is 350 g/mol. The van der Waals surface area contributed by atoms with Crippen LogP contribution in [0.2, 0.25) is 0 Å². The van der Waals surface area contributed by atoms with Gasteiger partial charge in [-0.1, -0.05) is 0 Å². The van der Waals surface area contributed by atoms with Gasteiger partial charge in [-0.05, 0) is 13.3 Å². The van der Waals surface area contributed by atoms with Gasteiger partial charge in [0.2, 0.25) is 17.7 Å². The third kappa shape index (κ3) is 7.81. The van der Waals surface area contributed by atoms with Crippen molar-refractivity contribution in [3.63, 3.8) is 0 Å². The molecule has 0 radical (unpaired) electrons. The quantitative estimate of drug-likeness (QED) is 0.204. The molecule has 11 heteroatoms. The molecule has 0 aromatic carbocycles. The standard InChI is InChI=1S/C12H22N4O6S/c1-5(17)9(14)11(20)15-6(2-3-8(13)18)10(19)16-7(4-23)12(21)22/h5-7,9,17,23H,2-4,14H2,1H3,(H2,13,18)(H,15,20)(H,16,19)(H,21,22). The zero-order valence-electron chi connectivity index (χ0n) is 12.6. The summed E-state index contributed by atoms with van der Waals surface area (Å²) in [6.07, 6.45) is -1.50. The van der Waals surface area contributed by atoms with Crippen molar-refractivity contribution in [2.75, 3.05) is 5.75 Å². The summed E-state index contributed by atoms with van der Waals surface area (Å²) in [5.74, 6) is -3.79. The number of nitrogens with two attached hydrogens (primary N) is 2. The molecule has 4 atom stereocenters. The van der Waals surface area contributed by atoms with Crippen LogP contribution in [-0.2, 0) is 19.2 Å². The molecule has 8 N–H and O–H groups in total. The number of hydrogen-bond donors (Lipinski definition) is 7. The number of carboxylic acids is 1. The zero-order valence-corrected chi connectivity index (χ0v) is 13.5. The molecule has 0 aliphatic carbocycles. The van der Waals surface area contributed by atoms with Gasteiger partial charge in [-0.2, -0.15) is 12.6 Å². The second-order valence-electron chi connectivity index (χ2n) is 4.91. The van der Waals surface area contributed by atoms with Crippen molar-refractivity contribution in [1.82, 2.24) is 10.6 Å². The van der Waals surface area contributed by atoms with Crippen LogP contribution >= 0.6 is 12.6 Å². The zero-order chi connectivity index (χ0) is 18.2.